The van der Waals surface area contributed by atoms with E-state index in [0.29, 0.717) is 0 Å². The zero-order chi connectivity index (χ0) is 19.8. The third-order valence-corrected chi connectivity index (χ3v) is 5.76. The van der Waals surface area contributed by atoms with Gasteiger partial charge in [-0.1, -0.05) is 23.7 Å². The Balaban J connectivity index is 1.56. The Hall–Kier alpha value is -2.70. The highest BCUT2D eigenvalue weighted by Gasteiger charge is 2.14. The minimum Gasteiger partial charge on any atom is -0.323 e. The number of carbonyl (C=O) groups is 1. The number of halogens is 2. The van der Waals surface area contributed by atoms with Gasteiger partial charge in [-0.25, -0.2) is 9.37 Å². The molecule has 4 rings (SSSR count). The number of anilines is 1. The fourth-order valence-corrected chi connectivity index (χ4v) is 3.98. The first-order valence-corrected chi connectivity index (χ1v) is 9.94. The molecule has 0 bridgehead atoms. The number of thiazole rings is 1. The summed E-state index contributed by atoms with van der Waals surface area (Å²) in [5.41, 5.74) is 5.25. The molecule has 4 aromatic rings. The molecule has 0 radical (unpaired) electrons. The molecule has 0 aliphatic rings. The second-order valence-electron chi connectivity index (χ2n) is 6.65. The summed E-state index contributed by atoms with van der Waals surface area (Å²) in [4.78, 5) is 17.9. The van der Waals surface area contributed by atoms with Crippen molar-refractivity contribution < 1.29 is 9.18 Å². The summed E-state index contributed by atoms with van der Waals surface area (Å²) in [5, 5.41) is 4.77. The number of nitrogens with zero attached hydrogens (tertiary/aromatic N) is 2. The number of rotatable bonds is 4. The SMILES string of the molecule is Cc1ccc(-c2cn3c(CC(=O)Nc4ccc(Cl)cc4F)csc3n2)cc1C. The van der Waals surface area contributed by atoms with Crippen molar-refractivity contribution in [1.29, 1.82) is 0 Å². The molecule has 2 aromatic heterocycles. The summed E-state index contributed by atoms with van der Waals surface area (Å²) >= 11 is 7.21. The van der Waals surface area contributed by atoms with E-state index in [1.165, 1.54) is 40.7 Å². The van der Waals surface area contributed by atoms with Gasteiger partial charge in [-0.05, 0) is 49.2 Å². The average Bonchev–Trinajstić information content (AvgIpc) is 3.22. The van der Waals surface area contributed by atoms with Gasteiger partial charge < -0.3 is 5.32 Å². The molecule has 0 aliphatic heterocycles. The van der Waals surface area contributed by atoms with Crippen LogP contribution in [0.4, 0.5) is 10.1 Å². The van der Waals surface area contributed by atoms with Crippen molar-refractivity contribution in [2.75, 3.05) is 5.32 Å². The van der Waals surface area contributed by atoms with Crippen LogP contribution in [0.15, 0.2) is 48.0 Å². The van der Waals surface area contributed by atoms with Crippen LogP contribution >= 0.6 is 22.9 Å². The summed E-state index contributed by atoms with van der Waals surface area (Å²) in [6.45, 7) is 4.15. The quantitative estimate of drug-likeness (QED) is 0.469. The summed E-state index contributed by atoms with van der Waals surface area (Å²) in [5.74, 6) is -0.863. The van der Waals surface area contributed by atoms with E-state index in [1.54, 1.807) is 0 Å². The van der Waals surface area contributed by atoms with Gasteiger partial charge in [0.15, 0.2) is 4.96 Å². The standard InChI is InChI=1S/C21H17ClFN3OS/c1-12-3-4-14(7-13(12)2)19-10-26-16(11-28-21(26)25-19)9-20(27)24-18-6-5-15(22)8-17(18)23/h3-8,10-11H,9H2,1-2H3,(H,24,27). The van der Waals surface area contributed by atoms with Gasteiger partial charge in [0.05, 0.1) is 17.8 Å². The number of hydrogen-bond acceptors (Lipinski definition) is 3. The maximum Gasteiger partial charge on any atom is 0.230 e. The number of aromatic nitrogens is 2. The molecule has 0 atom stereocenters. The van der Waals surface area contributed by atoms with Gasteiger partial charge in [0, 0.05) is 27.9 Å². The second-order valence-corrected chi connectivity index (χ2v) is 7.93. The van der Waals surface area contributed by atoms with Crippen molar-refractivity contribution in [2.45, 2.75) is 20.3 Å². The summed E-state index contributed by atoms with van der Waals surface area (Å²) < 4.78 is 15.8. The van der Waals surface area contributed by atoms with Crippen LogP contribution < -0.4 is 5.32 Å². The lowest BCUT2D eigenvalue weighted by Gasteiger charge is -2.06. The van der Waals surface area contributed by atoms with Crippen LogP contribution in [0.3, 0.4) is 0 Å². The summed E-state index contributed by atoms with van der Waals surface area (Å²) in [7, 11) is 0. The number of carbonyl (C=O) groups excluding carboxylic acids is 1. The number of imidazole rings is 1. The number of benzene rings is 2. The molecular weight excluding hydrogens is 397 g/mol. The molecule has 1 amide bonds. The Morgan fingerprint density at radius 3 is 2.79 bits per heavy atom. The topological polar surface area (TPSA) is 46.4 Å². The average molecular weight is 414 g/mol. The molecule has 0 unspecified atom stereocenters. The molecule has 4 nitrogen and oxygen atoms in total. The normalized spacial score (nSPS) is 11.1. The van der Waals surface area contributed by atoms with E-state index in [1.807, 2.05) is 22.0 Å². The zero-order valence-corrected chi connectivity index (χ0v) is 16.9. The predicted molar refractivity (Wildman–Crippen MR) is 112 cm³/mol. The molecule has 2 heterocycles. The van der Waals surface area contributed by atoms with Crippen LogP contribution in [0.25, 0.3) is 16.2 Å². The first-order chi connectivity index (χ1) is 13.4. The van der Waals surface area contributed by atoms with Gasteiger partial charge in [0.25, 0.3) is 0 Å². The number of amides is 1. The van der Waals surface area contributed by atoms with E-state index in [4.69, 9.17) is 11.6 Å². The van der Waals surface area contributed by atoms with Crippen molar-refractivity contribution in [2.24, 2.45) is 0 Å². The lowest BCUT2D eigenvalue weighted by atomic mass is 10.0. The van der Waals surface area contributed by atoms with Gasteiger partial charge in [0.2, 0.25) is 5.91 Å². The van der Waals surface area contributed by atoms with Gasteiger partial charge in [-0.15, -0.1) is 11.3 Å². The minimum atomic E-state index is -0.559. The fourth-order valence-electron chi connectivity index (χ4n) is 2.95. The summed E-state index contributed by atoms with van der Waals surface area (Å²) in [6, 6.07) is 10.4. The molecule has 0 aliphatic carbocycles. The van der Waals surface area contributed by atoms with Crippen molar-refractivity contribution in [3.05, 3.63) is 75.6 Å². The number of fused-ring (bicyclic) bond motifs is 1. The van der Waals surface area contributed by atoms with Crippen LogP contribution in [0, 0.1) is 19.7 Å². The highest BCUT2D eigenvalue weighted by Crippen LogP contribution is 2.26. The molecule has 1 N–H and O–H groups in total. The molecule has 28 heavy (non-hydrogen) atoms. The van der Waals surface area contributed by atoms with Crippen molar-refractivity contribution in [3.63, 3.8) is 0 Å². The van der Waals surface area contributed by atoms with E-state index >= 15 is 0 Å². The lowest BCUT2D eigenvalue weighted by Crippen LogP contribution is -2.16. The summed E-state index contributed by atoms with van der Waals surface area (Å²) in [6.07, 6.45) is 2.05. The number of hydrogen-bond donors (Lipinski definition) is 1. The third kappa shape index (κ3) is 3.66. The van der Waals surface area contributed by atoms with Gasteiger partial charge in [-0.3, -0.25) is 9.20 Å². The van der Waals surface area contributed by atoms with Crippen molar-refractivity contribution >= 4 is 39.5 Å². The second kappa shape index (κ2) is 7.37. The van der Waals surface area contributed by atoms with Crippen molar-refractivity contribution in [1.82, 2.24) is 9.38 Å². The Labute approximate surface area is 170 Å². The molecule has 0 fully saturated rings. The molecule has 0 saturated carbocycles. The minimum absolute atomic E-state index is 0.113. The van der Waals surface area contributed by atoms with Crippen LogP contribution in [-0.4, -0.2) is 15.3 Å². The largest absolute Gasteiger partial charge is 0.323 e. The first-order valence-electron chi connectivity index (χ1n) is 8.69. The first kappa shape index (κ1) is 18.7. The molecule has 2 aromatic carbocycles. The molecular formula is C21H17ClFN3OS. The Morgan fingerprint density at radius 1 is 1.21 bits per heavy atom. The number of aryl methyl sites for hydroxylation is 2. The Morgan fingerprint density at radius 2 is 2.04 bits per heavy atom. The molecule has 7 heteroatoms. The van der Waals surface area contributed by atoms with E-state index in [-0.39, 0.29) is 23.0 Å². The fraction of sp³-hybridized carbons (Fsp3) is 0.143. The zero-order valence-electron chi connectivity index (χ0n) is 15.3. The lowest BCUT2D eigenvalue weighted by molar-refractivity contribution is -0.115. The molecule has 0 saturated heterocycles. The monoisotopic (exact) mass is 413 g/mol. The highest BCUT2D eigenvalue weighted by molar-refractivity contribution is 7.15. The number of nitrogens with one attached hydrogen (secondary N) is 1. The molecule has 0 spiro atoms. The molecule has 142 valence electrons. The van der Waals surface area contributed by atoms with Gasteiger partial charge >= 0.3 is 0 Å². The highest BCUT2D eigenvalue weighted by atomic mass is 35.5. The maximum absolute atomic E-state index is 13.9. The van der Waals surface area contributed by atoms with E-state index < -0.39 is 5.82 Å². The van der Waals surface area contributed by atoms with Gasteiger partial charge in [0.1, 0.15) is 5.82 Å². The van der Waals surface area contributed by atoms with Gasteiger partial charge in [-0.2, -0.15) is 0 Å². The maximum atomic E-state index is 13.9. The Kier molecular flexibility index (Phi) is 4.91. The van der Waals surface area contributed by atoms with Crippen LogP contribution in [-0.2, 0) is 11.2 Å². The van der Waals surface area contributed by atoms with Crippen LogP contribution in [0.2, 0.25) is 5.02 Å². The van der Waals surface area contributed by atoms with Crippen molar-refractivity contribution in [3.8, 4) is 11.3 Å². The van der Waals surface area contributed by atoms with Crippen LogP contribution in [0.1, 0.15) is 16.8 Å². The third-order valence-electron chi connectivity index (χ3n) is 4.63. The van der Waals surface area contributed by atoms with E-state index in [2.05, 4.69) is 36.3 Å². The Bertz CT molecular complexity index is 1200. The van der Waals surface area contributed by atoms with E-state index in [0.717, 1.165) is 21.9 Å². The smallest absolute Gasteiger partial charge is 0.230 e. The predicted octanol–water partition coefficient (Wildman–Crippen LogP) is 5.65. The van der Waals surface area contributed by atoms with Crippen LogP contribution in [0.5, 0.6) is 0 Å². The van der Waals surface area contributed by atoms with E-state index in [9.17, 15) is 9.18 Å².